The first-order chi connectivity index (χ1) is 6.56. The molecule has 4 atom stereocenters. The summed E-state index contributed by atoms with van der Waals surface area (Å²) in [6.45, 7) is 6.85. The lowest BCUT2D eigenvalue weighted by Crippen LogP contribution is -2.44. The molecule has 2 aliphatic rings. The number of nitrogens with one attached hydrogen (secondary N) is 1. The van der Waals surface area contributed by atoms with Gasteiger partial charge in [0.15, 0.2) is 0 Å². The van der Waals surface area contributed by atoms with Gasteiger partial charge in [-0.15, -0.1) is 0 Å². The molecule has 14 heavy (non-hydrogen) atoms. The molecule has 0 radical (unpaired) electrons. The van der Waals surface area contributed by atoms with Crippen LogP contribution in [0.5, 0.6) is 0 Å². The number of carbonyl (C=O) groups is 1. The number of hydrogen-bond donors (Lipinski definition) is 1. The average molecular weight is 195 g/mol. The molecular formula is C12H21NO. The summed E-state index contributed by atoms with van der Waals surface area (Å²) in [5.41, 5.74) is 0.273. The first kappa shape index (κ1) is 10.0. The number of rotatable bonds is 0. The molecule has 1 aliphatic heterocycles. The molecule has 1 heterocycles. The second-order valence-electron chi connectivity index (χ2n) is 5.36. The molecule has 2 heteroatoms. The molecule has 1 amide bonds. The van der Waals surface area contributed by atoms with Crippen molar-refractivity contribution in [2.45, 2.75) is 52.5 Å². The maximum atomic E-state index is 11.5. The summed E-state index contributed by atoms with van der Waals surface area (Å²) in [6, 6.07) is 0.382. The van der Waals surface area contributed by atoms with Crippen molar-refractivity contribution in [1.29, 1.82) is 0 Å². The summed E-state index contributed by atoms with van der Waals surface area (Å²) < 4.78 is 0. The van der Waals surface area contributed by atoms with Crippen LogP contribution in [-0.2, 0) is 4.79 Å². The second kappa shape index (κ2) is 3.25. The van der Waals surface area contributed by atoms with Crippen LogP contribution in [0.1, 0.15) is 46.5 Å². The first-order valence-electron chi connectivity index (χ1n) is 5.85. The molecule has 4 unspecified atom stereocenters. The van der Waals surface area contributed by atoms with Crippen LogP contribution in [-0.4, -0.2) is 11.9 Å². The van der Waals surface area contributed by atoms with E-state index in [-0.39, 0.29) is 11.3 Å². The highest BCUT2D eigenvalue weighted by Gasteiger charge is 2.50. The van der Waals surface area contributed by atoms with Crippen LogP contribution < -0.4 is 5.32 Å². The highest BCUT2D eigenvalue weighted by Crippen LogP contribution is 2.51. The lowest BCUT2D eigenvalue weighted by Gasteiger charge is -2.45. The fourth-order valence-electron chi connectivity index (χ4n) is 3.55. The van der Waals surface area contributed by atoms with Gasteiger partial charge in [-0.25, -0.2) is 0 Å². The fraction of sp³-hybridized carbons (Fsp3) is 0.917. The van der Waals surface area contributed by atoms with Gasteiger partial charge in [-0.3, -0.25) is 4.79 Å². The minimum Gasteiger partial charge on any atom is -0.353 e. The Bertz CT molecular complexity index is 251. The van der Waals surface area contributed by atoms with Crippen molar-refractivity contribution in [3.8, 4) is 0 Å². The average Bonchev–Trinajstić information content (AvgIpc) is 2.39. The molecule has 2 nitrogen and oxygen atoms in total. The topological polar surface area (TPSA) is 29.1 Å². The molecule has 1 aliphatic carbocycles. The highest BCUT2D eigenvalue weighted by atomic mass is 16.2. The van der Waals surface area contributed by atoms with Crippen LogP contribution in [0.3, 0.4) is 0 Å². The van der Waals surface area contributed by atoms with Crippen LogP contribution in [0.4, 0.5) is 0 Å². The molecule has 2 fully saturated rings. The Morgan fingerprint density at radius 1 is 1.36 bits per heavy atom. The van der Waals surface area contributed by atoms with Gasteiger partial charge in [0.25, 0.3) is 0 Å². The van der Waals surface area contributed by atoms with E-state index in [0.29, 0.717) is 12.0 Å². The number of carbonyl (C=O) groups excluding carboxylic acids is 1. The van der Waals surface area contributed by atoms with Crippen molar-refractivity contribution in [3.05, 3.63) is 0 Å². The second-order valence-corrected chi connectivity index (χ2v) is 5.36. The SMILES string of the molecule is CC1CCCC2(CC(=O)NC2C)C1C. The van der Waals surface area contributed by atoms with Gasteiger partial charge >= 0.3 is 0 Å². The van der Waals surface area contributed by atoms with Gasteiger partial charge < -0.3 is 5.32 Å². The van der Waals surface area contributed by atoms with Crippen molar-refractivity contribution in [2.75, 3.05) is 0 Å². The summed E-state index contributed by atoms with van der Waals surface area (Å²) in [4.78, 5) is 11.5. The Labute approximate surface area is 86.5 Å². The van der Waals surface area contributed by atoms with Crippen LogP contribution in [0.25, 0.3) is 0 Å². The molecule has 80 valence electrons. The van der Waals surface area contributed by atoms with E-state index in [4.69, 9.17) is 0 Å². The molecule has 1 N–H and O–H groups in total. The quantitative estimate of drug-likeness (QED) is 0.631. The van der Waals surface area contributed by atoms with E-state index in [1.807, 2.05) is 0 Å². The van der Waals surface area contributed by atoms with Crippen LogP contribution >= 0.6 is 0 Å². The Morgan fingerprint density at radius 3 is 2.64 bits per heavy atom. The van der Waals surface area contributed by atoms with Gasteiger partial charge in [0.05, 0.1) is 0 Å². The lowest BCUT2D eigenvalue weighted by molar-refractivity contribution is -0.120. The number of hydrogen-bond acceptors (Lipinski definition) is 1. The van der Waals surface area contributed by atoms with E-state index in [9.17, 15) is 4.79 Å². The maximum absolute atomic E-state index is 11.5. The van der Waals surface area contributed by atoms with Gasteiger partial charge in [0.2, 0.25) is 5.91 Å². The van der Waals surface area contributed by atoms with E-state index in [2.05, 4.69) is 26.1 Å². The first-order valence-corrected chi connectivity index (χ1v) is 5.85. The van der Waals surface area contributed by atoms with Gasteiger partial charge in [-0.2, -0.15) is 0 Å². The molecule has 0 bridgehead atoms. The molecule has 2 rings (SSSR count). The Kier molecular flexibility index (Phi) is 2.32. The zero-order valence-electron chi connectivity index (χ0n) is 9.47. The van der Waals surface area contributed by atoms with Gasteiger partial charge in [0, 0.05) is 17.9 Å². The number of amides is 1. The van der Waals surface area contributed by atoms with Crippen molar-refractivity contribution in [3.63, 3.8) is 0 Å². The maximum Gasteiger partial charge on any atom is 0.220 e. The summed E-state index contributed by atoms with van der Waals surface area (Å²) in [6.07, 6.45) is 4.63. The summed E-state index contributed by atoms with van der Waals surface area (Å²) >= 11 is 0. The third-order valence-corrected chi connectivity index (χ3v) is 4.79. The smallest absolute Gasteiger partial charge is 0.220 e. The van der Waals surface area contributed by atoms with Crippen molar-refractivity contribution >= 4 is 5.91 Å². The fourth-order valence-corrected chi connectivity index (χ4v) is 3.55. The summed E-state index contributed by atoms with van der Waals surface area (Å²) in [5, 5.41) is 3.09. The highest BCUT2D eigenvalue weighted by molar-refractivity contribution is 5.80. The monoisotopic (exact) mass is 195 g/mol. The lowest BCUT2D eigenvalue weighted by atomic mass is 9.59. The van der Waals surface area contributed by atoms with E-state index in [1.165, 1.54) is 19.3 Å². The Balaban J connectivity index is 2.25. The molecule has 1 saturated carbocycles. The van der Waals surface area contributed by atoms with Crippen LogP contribution in [0.15, 0.2) is 0 Å². The minimum atomic E-state index is 0.262. The van der Waals surface area contributed by atoms with E-state index in [1.54, 1.807) is 0 Å². The van der Waals surface area contributed by atoms with Crippen molar-refractivity contribution < 1.29 is 4.79 Å². The van der Waals surface area contributed by atoms with Crippen LogP contribution in [0, 0.1) is 17.3 Å². The predicted octanol–water partition coefficient (Wildman–Crippen LogP) is 2.34. The summed E-state index contributed by atoms with van der Waals surface area (Å²) in [7, 11) is 0. The third kappa shape index (κ3) is 1.27. The molecule has 0 aromatic rings. The zero-order valence-corrected chi connectivity index (χ0v) is 9.47. The van der Waals surface area contributed by atoms with Gasteiger partial charge in [-0.05, 0) is 25.2 Å². The standard InChI is InChI=1S/C12H21NO/c1-8-5-4-6-12(9(8)2)7-11(14)13-10(12)3/h8-10H,4-7H2,1-3H3,(H,13,14). The molecule has 0 aromatic heterocycles. The third-order valence-electron chi connectivity index (χ3n) is 4.79. The van der Waals surface area contributed by atoms with Crippen molar-refractivity contribution in [2.24, 2.45) is 17.3 Å². The van der Waals surface area contributed by atoms with Gasteiger partial charge in [0.1, 0.15) is 0 Å². The Hall–Kier alpha value is -0.530. The van der Waals surface area contributed by atoms with Gasteiger partial charge in [-0.1, -0.05) is 26.7 Å². The molecular weight excluding hydrogens is 174 g/mol. The molecule has 1 spiro atoms. The van der Waals surface area contributed by atoms with Crippen LogP contribution in [0.2, 0.25) is 0 Å². The van der Waals surface area contributed by atoms with E-state index in [0.717, 1.165) is 12.3 Å². The molecule has 1 saturated heterocycles. The molecule has 0 aromatic carbocycles. The minimum absolute atomic E-state index is 0.262. The van der Waals surface area contributed by atoms with E-state index >= 15 is 0 Å². The Morgan fingerprint density at radius 2 is 2.07 bits per heavy atom. The van der Waals surface area contributed by atoms with E-state index < -0.39 is 0 Å². The zero-order chi connectivity index (χ0) is 10.3. The normalized spacial score (nSPS) is 48.2. The largest absolute Gasteiger partial charge is 0.353 e. The van der Waals surface area contributed by atoms with Crippen molar-refractivity contribution in [1.82, 2.24) is 5.32 Å². The predicted molar refractivity (Wildman–Crippen MR) is 56.8 cm³/mol. The summed E-state index contributed by atoms with van der Waals surface area (Å²) in [5.74, 6) is 1.72.